The first-order valence-electron chi connectivity index (χ1n) is 13.0. The fraction of sp³-hybridized carbons (Fsp3) is 0.769. The molecule has 3 heterocycles. The van der Waals surface area contributed by atoms with Crippen molar-refractivity contribution in [2.75, 3.05) is 13.2 Å². The second-order valence-corrected chi connectivity index (χ2v) is 9.57. The van der Waals surface area contributed by atoms with Crippen LogP contribution in [0.4, 0.5) is 4.39 Å². The van der Waals surface area contributed by atoms with Gasteiger partial charge in [0.05, 0.1) is 12.7 Å². The standard InChI is InChI=1S/C26H43FN4O2/c1-5-12-21(24(27)7-3)19-33-23-17-20(4)29(22(6-2)18-23)15-11-16-31-26(32)30-14-10-8-9-13-25(30)28-31/h5,12,20,22-23H,6-11,13-19H2,1-4H3/b12-5-,24-21-. The molecule has 0 spiro atoms. The second-order valence-electron chi connectivity index (χ2n) is 9.57. The quantitative estimate of drug-likeness (QED) is 0.458. The summed E-state index contributed by atoms with van der Waals surface area (Å²) in [7, 11) is 0. The van der Waals surface area contributed by atoms with Crippen LogP contribution in [0.2, 0.25) is 0 Å². The van der Waals surface area contributed by atoms with Gasteiger partial charge in [0, 0.05) is 43.7 Å². The van der Waals surface area contributed by atoms with Crippen LogP contribution in [0, 0.1) is 0 Å². The van der Waals surface area contributed by atoms with Gasteiger partial charge in [-0.2, -0.15) is 5.10 Å². The normalized spacial score (nSPS) is 25.2. The molecule has 186 valence electrons. The average molecular weight is 463 g/mol. The Bertz CT molecular complexity index is 872. The molecule has 7 heteroatoms. The molecular formula is C26H43FN4O2. The molecule has 0 bridgehead atoms. The number of fused-ring (bicyclic) bond motifs is 1. The van der Waals surface area contributed by atoms with Gasteiger partial charge in [-0.25, -0.2) is 13.9 Å². The van der Waals surface area contributed by atoms with E-state index in [1.165, 1.54) is 6.42 Å². The van der Waals surface area contributed by atoms with E-state index in [0.29, 0.717) is 37.2 Å². The minimum Gasteiger partial charge on any atom is -0.373 e. The zero-order valence-corrected chi connectivity index (χ0v) is 21.1. The molecule has 3 atom stereocenters. The Morgan fingerprint density at radius 1 is 1.21 bits per heavy atom. The van der Waals surface area contributed by atoms with E-state index in [0.717, 1.165) is 63.9 Å². The zero-order valence-electron chi connectivity index (χ0n) is 21.1. The third-order valence-corrected chi connectivity index (χ3v) is 7.21. The van der Waals surface area contributed by atoms with E-state index in [9.17, 15) is 9.18 Å². The summed E-state index contributed by atoms with van der Waals surface area (Å²) in [5.74, 6) is 0.874. The van der Waals surface area contributed by atoms with Crippen molar-refractivity contribution < 1.29 is 9.13 Å². The molecule has 0 radical (unpaired) electrons. The minimum atomic E-state index is -0.0857. The smallest absolute Gasteiger partial charge is 0.345 e. The molecule has 0 aromatic carbocycles. The molecule has 6 nitrogen and oxygen atoms in total. The van der Waals surface area contributed by atoms with Crippen molar-refractivity contribution in [3.05, 3.63) is 39.9 Å². The van der Waals surface area contributed by atoms with Crippen LogP contribution < -0.4 is 5.69 Å². The molecule has 3 unspecified atom stereocenters. The molecule has 2 aliphatic heterocycles. The fourth-order valence-electron chi connectivity index (χ4n) is 5.38. The van der Waals surface area contributed by atoms with Crippen LogP contribution in [0.5, 0.6) is 0 Å². The van der Waals surface area contributed by atoms with Crippen molar-refractivity contribution >= 4 is 0 Å². The first-order chi connectivity index (χ1) is 16.0. The Morgan fingerprint density at radius 2 is 2.03 bits per heavy atom. The summed E-state index contributed by atoms with van der Waals surface area (Å²) in [4.78, 5) is 15.3. The van der Waals surface area contributed by atoms with Gasteiger partial charge in [-0.15, -0.1) is 0 Å². The molecule has 33 heavy (non-hydrogen) atoms. The lowest BCUT2D eigenvalue weighted by atomic mass is 9.92. The SMILES string of the molecule is C/C=C\C(COC1CC(C)N(CCCn2nc3n(c2=O)CCCCC3)C(CC)C1)=C(\F)CC. The number of halogens is 1. The van der Waals surface area contributed by atoms with Gasteiger partial charge in [-0.05, 0) is 58.8 Å². The van der Waals surface area contributed by atoms with E-state index in [1.807, 2.05) is 30.6 Å². The van der Waals surface area contributed by atoms with Gasteiger partial charge in [-0.3, -0.25) is 9.47 Å². The molecule has 0 amide bonds. The van der Waals surface area contributed by atoms with Gasteiger partial charge in [0.2, 0.25) is 0 Å². The van der Waals surface area contributed by atoms with Crippen molar-refractivity contribution in [1.29, 1.82) is 0 Å². The van der Waals surface area contributed by atoms with E-state index >= 15 is 0 Å². The molecule has 0 aliphatic carbocycles. The molecule has 3 rings (SSSR count). The highest BCUT2D eigenvalue weighted by Gasteiger charge is 2.32. The summed E-state index contributed by atoms with van der Waals surface area (Å²) >= 11 is 0. The maximum Gasteiger partial charge on any atom is 0.345 e. The van der Waals surface area contributed by atoms with Crippen molar-refractivity contribution in [2.45, 2.75) is 117 Å². The van der Waals surface area contributed by atoms with E-state index in [1.54, 1.807) is 4.68 Å². The summed E-state index contributed by atoms with van der Waals surface area (Å²) in [6.07, 6.45) is 12.4. The third-order valence-electron chi connectivity index (χ3n) is 7.21. The Kier molecular flexibility index (Phi) is 9.93. The highest BCUT2D eigenvalue weighted by atomic mass is 19.1. The maximum atomic E-state index is 14.1. The summed E-state index contributed by atoms with van der Waals surface area (Å²) in [5.41, 5.74) is 0.718. The molecule has 2 aliphatic rings. The zero-order chi connectivity index (χ0) is 23.8. The van der Waals surface area contributed by atoms with Gasteiger partial charge in [0.15, 0.2) is 0 Å². The molecule has 0 N–H and O–H groups in total. The number of piperidine rings is 1. The summed E-state index contributed by atoms with van der Waals surface area (Å²) in [6, 6.07) is 0.841. The first-order valence-corrected chi connectivity index (χ1v) is 13.0. The first kappa shape index (κ1) is 25.9. The number of nitrogens with zero attached hydrogens (tertiary/aromatic N) is 4. The van der Waals surface area contributed by atoms with Crippen molar-refractivity contribution in [1.82, 2.24) is 19.2 Å². The minimum absolute atomic E-state index is 0.0587. The molecule has 1 aromatic heterocycles. The number of aromatic nitrogens is 3. The molecule has 0 saturated carbocycles. The Labute approximate surface area is 198 Å². The number of likely N-dealkylation sites (tertiary alicyclic amines) is 1. The monoisotopic (exact) mass is 462 g/mol. The average Bonchev–Trinajstić information content (AvgIpc) is 2.97. The van der Waals surface area contributed by atoms with E-state index in [-0.39, 0.29) is 17.6 Å². The second kappa shape index (κ2) is 12.7. The number of aryl methyl sites for hydroxylation is 2. The molecule has 1 saturated heterocycles. The molecule has 1 fully saturated rings. The highest BCUT2D eigenvalue weighted by molar-refractivity contribution is 5.22. The van der Waals surface area contributed by atoms with Crippen LogP contribution in [0.3, 0.4) is 0 Å². The van der Waals surface area contributed by atoms with Crippen LogP contribution in [0.25, 0.3) is 0 Å². The predicted octanol–water partition coefficient (Wildman–Crippen LogP) is 5.02. The van der Waals surface area contributed by atoms with Gasteiger partial charge in [0.25, 0.3) is 0 Å². The number of hydrogen-bond acceptors (Lipinski definition) is 4. The highest BCUT2D eigenvalue weighted by Crippen LogP contribution is 2.28. The maximum absolute atomic E-state index is 14.1. The van der Waals surface area contributed by atoms with Crippen molar-refractivity contribution in [3.8, 4) is 0 Å². The molecular weight excluding hydrogens is 419 g/mol. The van der Waals surface area contributed by atoms with Gasteiger partial charge < -0.3 is 4.74 Å². The number of ether oxygens (including phenoxy) is 1. The van der Waals surface area contributed by atoms with Crippen molar-refractivity contribution in [3.63, 3.8) is 0 Å². The van der Waals surface area contributed by atoms with Crippen LogP contribution in [0.1, 0.15) is 84.9 Å². The lowest BCUT2D eigenvalue weighted by Gasteiger charge is -2.44. The van der Waals surface area contributed by atoms with Crippen molar-refractivity contribution in [2.24, 2.45) is 0 Å². The lowest BCUT2D eigenvalue weighted by molar-refractivity contribution is -0.0321. The van der Waals surface area contributed by atoms with Gasteiger partial charge in [0.1, 0.15) is 11.7 Å². The fourth-order valence-corrected chi connectivity index (χ4v) is 5.38. The Morgan fingerprint density at radius 3 is 2.76 bits per heavy atom. The third kappa shape index (κ3) is 6.66. The van der Waals surface area contributed by atoms with Gasteiger partial charge >= 0.3 is 5.69 Å². The predicted molar refractivity (Wildman–Crippen MR) is 131 cm³/mol. The van der Waals surface area contributed by atoms with E-state index < -0.39 is 0 Å². The Hall–Kier alpha value is -1.73. The van der Waals surface area contributed by atoms with Crippen LogP contribution >= 0.6 is 0 Å². The Balaban J connectivity index is 1.54. The van der Waals surface area contributed by atoms with Crippen LogP contribution in [-0.4, -0.2) is 50.6 Å². The number of allylic oxidation sites excluding steroid dienone is 2. The molecule has 1 aromatic rings. The van der Waals surface area contributed by atoms with Crippen LogP contribution in [0.15, 0.2) is 28.3 Å². The summed E-state index contributed by atoms with van der Waals surface area (Å²) in [5, 5.41) is 4.63. The van der Waals surface area contributed by atoms with Gasteiger partial charge in [-0.1, -0.05) is 32.4 Å². The van der Waals surface area contributed by atoms with E-state index in [2.05, 4.69) is 23.8 Å². The van der Waals surface area contributed by atoms with E-state index in [4.69, 9.17) is 4.74 Å². The van der Waals surface area contributed by atoms with Crippen LogP contribution in [-0.2, 0) is 24.2 Å². The number of rotatable bonds is 10. The topological polar surface area (TPSA) is 52.3 Å². The summed E-state index contributed by atoms with van der Waals surface area (Å²) in [6.45, 7) is 11.0. The largest absolute Gasteiger partial charge is 0.373 e. The summed E-state index contributed by atoms with van der Waals surface area (Å²) < 4.78 is 23.9. The lowest BCUT2D eigenvalue weighted by Crippen LogP contribution is -2.50. The number of hydrogen-bond donors (Lipinski definition) is 0.